The molecule has 1 rings (SSSR count). The van der Waals surface area contributed by atoms with Crippen LogP contribution < -0.4 is 11.1 Å². The van der Waals surface area contributed by atoms with Gasteiger partial charge < -0.3 is 20.7 Å². The molecule has 1 aromatic rings. The molecule has 20 heavy (non-hydrogen) atoms. The molecule has 5 nitrogen and oxygen atoms in total. The lowest BCUT2D eigenvalue weighted by atomic mass is 10.2. The van der Waals surface area contributed by atoms with Crippen LogP contribution in [0.2, 0.25) is 0 Å². The molecule has 0 aliphatic carbocycles. The van der Waals surface area contributed by atoms with Gasteiger partial charge in [-0.3, -0.25) is 0 Å². The van der Waals surface area contributed by atoms with Crippen LogP contribution in [0.5, 0.6) is 0 Å². The summed E-state index contributed by atoms with van der Waals surface area (Å²) in [6, 6.07) is 7.24. The standard InChI is InChI=1S/C15H25N3O2/c1-3-18(4-2)11-12-20-15(19)13-5-7-14(8-6-13)17-10-9-16/h5-8,17H,3-4,9-12,16H2,1-2H3. The quantitative estimate of drug-likeness (QED) is 0.671. The Balaban J connectivity index is 2.39. The van der Waals surface area contributed by atoms with Crippen molar-refractivity contribution >= 4 is 11.7 Å². The molecule has 0 radical (unpaired) electrons. The Hall–Kier alpha value is -1.59. The summed E-state index contributed by atoms with van der Waals surface area (Å²) < 4.78 is 5.26. The number of rotatable bonds is 9. The van der Waals surface area contributed by atoms with Crippen LogP contribution in [0.3, 0.4) is 0 Å². The van der Waals surface area contributed by atoms with E-state index in [-0.39, 0.29) is 5.97 Å². The molecule has 5 heteroatoms. The van der Waals surface area contributed by atoms with Crippen molar-refractivity contribution in [1.82, 2.24) is 4.90 Å². The molecule has 0 bridgehead atoms. The van der Waals surface area contributed by atoms with E-state index >= 15 is 0 Å². The molecule has 0 fully saturated rings. The Kier molecular flexibility index (Phi) is 7.69. The van der Waals surface area contributed by atoms with Crippen molar-refractivity contribution in [3.8, 4) is 0 Å². The van der Waals surface area contributed by atoms with Crippen LogP contribution >= 0.6 is 0 Å². The fraction of sp³-hybridized carbons (Fsp3) is 0.533. The van der Waals surface area contributed by atoms with Crippen LogP contribution in [0.4, 0.5) is 5.69 Å². The summed E-state index contributed by atoms with van der Waals surface area (Å²) >= 11 is 0. The molecule has 0 saturated carbocycles. The fourth-order valence-electron chi connectivity index (χ4n) is 1.83. The number of likely N-dealkylation sites (N-methyl/N-ethyl adjacent to an activating group) is 1. The molecule has 0 amide bonds. The number of esters is 1. The molecule has 0 heterocycles. The molecular weight excluding hydrogens is 254 g/mol. The monoisotopic (exact) mass is 279 g/mol. The van der Waals surface area contributed by atoms with E-state index in [9.17, 15) is 4.79 Å². The zero-order valence-corrected chi connectivity index (χ0v) is 12.4. The van der Waals surface area contributed by atoms with E-state index in [0.29, 0.717) is 25.3 Å². The molecule has 112 valence electrons. The molecule has 0 aliphatic heterocycles. The van der Waals surface area contributed by atoms with Gasteiger partial charge >= 0.3 is 5.97 Å². The van der Waals surface area contributed by atoms with Gasteiger partial charge in [0.05, 0.1) is 5.56 Å². The number of benzene rings is 1. The van der Waals surface area contributed by atoms with Crippen LogP contribution in [0.15, 0.2) is 24.3 Å². The number of nitrogens with one attached hydrogen (secondary N) is 1. The second-order valence-electron chi connectivity index (χ2n) is 4.46. The Bertz CT molecular complexity index is 389. The van der Waals surface area contributed by atoms with Crippen molar-refractivity contribution in [2.45, 2.75) is 13.8 Å². The average molecular weight is 279 g/mol. The minimum atomic E-state index is -0.275. The molecule has 1 aromatic carbocycles. The van der Waals surface area contributed by atoms with Crippen molar-refractivity contribution in [3.05, 3.63) is 29.8 Å². The molecule has 0 aromatic heterocycles. The van der Waals surface area contributed by atoms with Crippen LogP contribution in [0.25, 0.3) is 0 Å². The van der Waals surface area contributed by atoms with Gasteiger partial charge in [-0.15, -0.1) is 0 Å². The SMILES string of the molecule is CCN(CC)CCOC(=O)c1ccc(NCCN)cc1. The predicted molar refractivity (Wildman–Crippen MR) is 82.1 cm³/mol. The van der Waals surface area contributed by atoms with Crippen molar-refractivity contribution in [1.29, 1.82) is 0 Å². The number of hydrogen-bond donors (Lipinski definition) is 2. The second-order valence-corrected chi connectivity index (χ2v) is 4.46. The highest BCUT2D eigenvalue weighted by Crippen LogP contribution is 2.10. The third-order valence-electron chi connectivity index (χ3n) is 3.13. The number of hydrogen-bond acceptors (Lipinski definition) is 5. The Morgan fingerprint density at radius 1 is 1.25 bits per heavy atom. The van der Waals surface area contributed by atoms with Gasteiger partial charge in [0.1, 0.15) is 6.61 Å². The first kappa shape index (κ1) is 16.5. The third-order valence-corrected chi connectivity index (χ3v) is 3.13. The van der Waals surface area contributed by atoms with Crippen LogP contribution in [-0.2, 0) is 4.74 Å². The van der Waals surface area contributed by atoms with Crippen molar-refractivity contribution in [3.63, 3.8) is 0 Å². The first-order chi connectivity index (χ1) is 9.71. The predicted octanol–water partition coefficient (Wildman–Crippen LogP) is 1.56. The summed E-state index contributed by atoms with van der Waals surface area (Å²) in [7, 11) is 0. The summed E-state index contributed by atoms with van der Waals surface area (Å²) in [5, 5.41) is 3.15. The normalized spacial score (nSPS) is 10.6. The Morgan fingerprint density at radius 2 is 1.90 bits per heavy atom. The molecule has 0 spiro atoms. The third kappa shape index (κ3) is 5.59. The number of carbonyl (C=O) groups is 1. The van der Waals surface area contributed by atoms with Crippen molar-refractivity contribution in [2.75, 3.05) is 44.6 Å². The lowest BCUT2D eigenvalue weighted by Gasteiger charge is -2.17. The minimum absolute atomic E-state index is 0.275. The van der Waals surface area contributed by atoms with E-state index in [1.54, 1.807) is 12.1 Å². The van der Waals surface area contributed by atoms with E-state index in [2.05, 4.69) is 24.1 Å². The van der Waals surface area contributed by atoms with Crippen molar-refractivity contribution in [2.24, 2.45) is 5.73 Å². The summed E-state index contributed by atoms with van der Waals surface area (Å²) in [6.45, 7) is 8.62. The van der Waals surface area contributed by atoms with Gasteiger partial charge in [-0.25, -0.2) is 4.79 Å². The van der Waals surface area contributed by atoms with E-state index in [1.807, 2.05) is 12.1 Å². The number of carbonyl (C=O) groups excluding carboxylic acids is 1. The topological polar surface area (TPSA) is 67.6 Å². The van der Waals surface area contributed by atoms with Gasteiger partial charge in [0, 0.05) is 25.3 Å². The van der Waals surface area contributed by atoms with Gasteiger partial charge in [-0.1, -0.05) is 13.8 Å². The first-order valence-electron chi connectivity index (χ1n) is 7.14. The lowest BCUT2D eigenvalue weighted by molar-refractivity contribution is 0.0466. The highest BCUT2D eigenvalue weighted by Gasteiger charge is 2.07. The summed E-state index contributed by atoms with van der Waals surface area (Å²) in [5.74, 6) is -0.275. The summed E-state index contributed by atoms with van der Waals surface area (Å²) in [4.78, 5) is 14.1. The van der Waals surface area contributed by atoms with Crippen molar-refractivity contribution < 1.29 is 9.53 Å². The molecule has 0 atom stereocenters. The van der Waals surface area contributed by atoms with E-state index in [0.717, 1.165) is 25.3 Å². The first-order valence-corrected chi connectivity index (χ1v) is 7.14. The van der Waals surface area contributed by atoms with E-state index in [1.165, 1.54) is 0 Å². The maximum absolute atomic E-state index is 11.8. The van der Waals surface area contributed by atoms with Crippen LogP contribution in [0.1, 0.15) is 24.2 Å². The highest BCUT2D eigenvalue weighted by atomic mass is 16.5. The number of anilines is 1. The fourth-order valence-corrected chi connectivity index (χ4v) is 1.83. The Morgan fingerprint density at radius 3 is 2.45 bits per heavy atom. The highest BCUT2D eigenvalue weighted by molar-refractivity contribution is 5.89. The minimum Gasteiger partial charge on any atom is -0.461 e. The zero-order valence-electron chi connectivity index (χ0n) is 12.4. The molecule has 0 saturated heterocycles. The van der Waals surface area contributed by atoms with Gasteiger partial charge in [0.15, 0.2) is 0 Å². The molecule has 3 N–H and O–H groups in total. The number of ether oxygens (including phenoxy) is 1. The smallest absolute Gasteiger partial charge is 0.338 e. The maximum Gasteiger partial charge on any atom is 0.338 e. The van der Waals surface area contributed by atoms with E-state index in [4.69, 9.17) is 10.5 Å². The summed E-state index contributed by atoms with van der Waals surface area (Å²) in [6.07, 6.45) is 0. The van der Waals surface area contributed by atoms with Gasteiger partial charge in [-0.05, 0) is 37.4 Å². The van der Waals surface area contributed by atoms with Gasteiger partial charge in [0.25, 0.3) is 0 Å². The number of nitrogens with two attached hydrogens (primary N) is 1. The lowest BCUT2D eigenvalue weighted by Crippen LogP contribution is -2.27. The Labute approximate surface area is 121 Å². The molecular formula is C15H25N3O2. The average Bonchev–Trinajstić information content (AvgIpc) is 2.50. The summed E-state index contributed by atoms with van der Waals surface area (Å²) in [5.41, 5.74) is 6.94. The van der Waals surface area contributed by atoms with E-state index < -0.39 is 0 Å². The van der Waals surface area contributed by atoms with Gasteiger partial charge in [0.2, 0.25) is 0 Å². The maximum atomic E-state index is 11.8. The second kappa shape index (κ2) is 9.34. The largest absolute Gasteiger partial charge is 0.461 e. The van der Waals surface area contributed by atoms with Crippen LogP contribution in [-0.4, -0.2) is 50.2 Å². The molecule has 0 aliphatic rings. The number of nitrogens with zero attached hydrogens (tertiary/aromatic N) is 1. The zero-order chi connectivity index (χ0) is 14.8. The van der Waals surface area contributed by atoms with Crippen LogP contribution in [0, 0.1) is 0 Å². The van der Waals surface area contributed by atoms with Gasteiger partial charge in [-0.2, -0.15) is 0 Å². The molecule has 0 unspecified atom stereocenters.